The molecule has 0 bridgehead atoms. The Hall–Kier alpha value is -2.14. The van der Waals surface area contributed by atoms with Crippen molar-refractivity contribution in [1.82, 2.24) is 4.90 Å². The number of carbonyl (C=O) groups is 2. The van der Waals surface area contributed by atoms with Crippen LogP contribution in [0.5, 0.6) is 0 Å². The Morgan fingerprint density at radius 2 is 1.58 bits per heavy atom. The van der Waals surface area contributed by atoms with E-state index in [1.54, 1.807) is 23.1 Å². The number of hydrogen-bond donors (Lipinski definition) is 0. The van der Waals surface area contributed by atoms with Gasteiger partial charge in [-0.3, -0.25) is 4.79 Å². The number of esters is 1. The predicted molar refractivity (Wildman–Crippen MR) is 94.6 cm³/mol. The Morgan fingerprint density at radius 3 is 2.25 bits per heavy atom. The van der Waals surface area contributed by atoms with Gasteiger partial charge in [-0.2, -0.15) is 0 Å². The van der Waals surface area contributed by atoms with Crippen LogP contribution in [0, 0.1) is 0 Å². The summed E-state index contributed by atoms with van der Waals surface area (Å²) in [6.07, 6.45) is 1.07. The van der Waals surface area contributed by atoms with E-state index >= 15 is 0 Å². The molecule has 1 fully saturated rings. The standard InChI is InChI=1S/C19H18BrNO3/c20-16-11-5-4-10-15(16)19(23)24-17(14-8-2-1-3-9-14)18(22)21-12-6-7-13-21/h1-5,8-11,17H,6-7,12-13H2/t17-/m1/s1. The molecule has 1 atom stereocenters. The van der Waals surface area contributed by atoms with Crippen LogP contribution in [0.25, 0.3) is 0 Å². The monoisotopic (exact) mass is 387 g/mol. The van der Waals surface area contributed by atoms with E-state index < -0.39 is 12.1 Å². The van der Waals surface area contributed by atoms with Crippen LogP contribution in [-0.2, 0) is 9.53 Å². The second-order valence-corrected chi connectivity index (χ2v) is 6.56. The molecule has 2 aromatic carbocycles. The molecular formula is C19H18BrNO3. The minimum absolute atomic E-state index is 0.154. The van der Waals surface area contributed by atoms with E-state index in [9.17, 15) is 9.59 Å². The first-order valence-corrected chi connectivity index (χ1v) is 8.75. The van der Waals surface area contributed by atoms with Gasteiger partial charge in [-0.15, -0.1) is 0 Å². The van der Waals surface area contributed by atoms with Crippen LogP contribution in [0.15, 0.2) is 59.1 Å². The van der Waals surface area contributed by atoms with Crippen molar-refractivity contribution in [3.63, 3.8) is 0 Å². The van der Waals surface area contributed by atoms with Crippen molar-refractivity contribution in [3.8, 4) is 0 Å². The van der Waals surface area contributed by atoms with Gasteiger partial charge in [0.15, 0.2) is 0 Å². The molecule has 3 rings (SSSR count). The summed E-state index contributed by atoms with van der Waals surface area (Å²) in [6, 6.07) is 16.2. The van der Waals surface area contributed by atoms with E-state index in [4.69, 9.17) is 4.74 Å². The second kappa shape index (κ2) is 7.62. The minimum atomic E-state index is -0.913. The number of halogens is 1. The summed E-state index contributed by atoms with van der Waals surface area (Å²) < 4.78 is 6.27. The summed E-state index contributed by atoms with van der Waals surface area (Å²) in [4.78, 5) is 27.1. The third-order valence-corrected chi connectivity index (χ3v) is 4.75. The highest BCUT2D eigenvalue weighted by atomic mass is 79.9. The first kappa shape index (κ1) is 16.7. The fourth-order valence-corrected chi connectivity index (χ4v) is 3.24. The molecule has 1 amide bonds. The van der Waals surface area contributed by atoms with E-state index in [0.29, 0.717) is 15.6 Å². The number of ether oxygens (including phenoxy) is 1. The molecule has 124 valence electrons. The Balaban J connectivity index is 1.86. The molecule has 0 unspecified atom stereocenters. The minimum Gasteiger partial charge on any atom is -0.444 e. The fraction of sp³-hybridized carbons (Fsp3) is 0.263. The molecule has 4 nitrogen and oxygen atoms in total. The highest BCUT2D eigenvalue weighted by Gasteiger charge is 2.31. The van der Waals surface area contributed by atoms with Crippen LogP contribution in [0.1, 0.15) is 34.9 Å². The predicted octanol–water partition coefficient (Wildman–Crippen LogP) is 3.97. The third-order valence-electron chi connectivity index (χ3n) is 4.06. The topological polar surface area (TPSA) is 46.6 Å². The zero-order valence-corrected chi connectivity index (χ0v) is 14.7. The summed E-state index contributed by atoms with van der Waals surface area (Å²) in [5, 5.41) is 0. The highest BCUT2D eigenvalue weighted by Crippen LogP contribution is 2.26. The summed E-state index contributed by atoms with van der Waals surface area (Å²) in [5.74, 6) is -0.664. The lowest BCUT2D eigenvalue weighted by Crippen LogP contribution is -2.34. The van der Waals surface area contributed by atoms with Crippen molar-refractivity contribution < 1.29 is 14.3 Å². The van der Waals surface area contributed by atoms with Crippen LogP contribution in [0.4, 0.5) is 0 Å². The highest BCUT2D eigenvalue weighted by molar-refractivity contribution is 9.10. The molecule has 5 heteroatoms. The van der Waals surface area contributed by atoms with Gasteiger partial charge in [-0.25, -0.2) is 4.79 Å². The molecule has 2 aromatic rings. The number of rotatable bonds is 4. The molecule has 0 spiro atoms. The number of carbonyl (C=O) groups excluding carboxylic acids is 2. The lowest BCUT2D eigenvalue weighted by atomic mass is 10.1. The van der Waals surface area contributed by atoms with Crippen molar-refractivity contribution in [2.75, 3.05) is 13.1 Å². The average Bonchev–Trinajstić information content (AvgIpc) is 3.15. The van der Waals surface area contributed by atoms with Gasteiger partial charge in [-0.05, 0) is 40.9 Å². The van der Waals surface area contributed by atoms with Crippen LogP contribution in [-0.4, -0.2) is 29.9 Å². The molecule has 1 heterocycles. The molecule has 0 aliphatic carbocycles. The average molecular weight is 388 g/mol. The smallest absolute Gasteiger partial charge is 0.340 e. The summed E-state index contributed by atoms with van der Waals surface area (Å²) in [6.45, 7) is 1.43. The van der Waals surface area contributed by atoms with Gasteiger partial charge in [0, 0.05) is 23.1 Å². The van der Waals surface area contributed by atoms with E-state index in [0.717, 1.165) is 25.9 Å². The molecule has 24 heavy (non-hydrogen) atoms. The van der Waals surface area contributed by atoms with Gasteiger partial charge in [0.25, 0.3) is 5.91 Å². The van der Waals surface area contributed by atoms with Crippen molar-refractivity contribution in [2.24, 2.45) is 0 Å². The van der Waals surface area contributed by atoms with Crippen molar-refractivity contribution >= 4 is 27.8 Å². The van der Waals surface area contributed by atoms with Gasteiger partial charge in [0.05, 0.1) is 5.56 Å². The van der Waals surface area contributed by atoms with Crippen LogP contribution in [0.3, 0.4) is 0 Å². The van der Waals surface area contributed by atoms with E-state index in [1.165, 1.54) is 0 Å². The molecule has 0 saturated carbocycles. The van der Waals surface area contributed by atoms with Crippen molar-refractivity contribution in [1.29, 1.82) is 0 Å². The molecule has 1 aliphatic rings. The largest absolute Gasteiger partial charge is 0.444 e. The Kier molecular flexibility index (Phi) is 5.30. The molecule has 0 aromatic heterocycles. The maximum Gasteiger partial charge on any atom is 0.340 e. The lowest BCUT2D eigenvalue weighted by molar-refractivity contribution is -0.140. The zero-order chi connectivity index (χ0) is 16.9. The Morgan fingerprint density at radius 1 is 0.958 bits per heavy atom. The lowest BCUT2D eigenvalue weighted by Gasteiger charge is -2.23. The SMILES string of the molecule is O=C(O[C@@H](C(=O)N1CCCC1)c1ccccc1)c1ccccc1Br. The van der Waals surface area contributed by atoms with Gasteiger partial charge >= 0.3 is 5.97 Å². The van der Waals surface area contributed by atoms with Crippen LogP contribution in [0.2, 0.25) is 0 Å². The molecule has 1 saturated heterocycles. The van der Waals surface area contributed by atoms with Crippen LogP contribution < -0.4 is 0 Å². The van der Waals surface area contributed by atoms with Crippen LogP contribution >= 0.6 is 15.9 Å². The quantitative estimate of drug-likeness (QED) is 0.745. The summed E-state index contributed by atoms with van der Waals surface area (Å²) in [5.41, 5.74) is 1.10. The Labute approximate surface area is 149 Å². The fourth-order valence-electron chi connectivity index (χ4n) is 2.79. The number of nitrogens with zero attached hydrogens (tertiary/aromatic N) is 1. The number of amides is 1. The van der Waals surface area contributed by atoms with Crippen molar-refractivity contribution in [3.05, 3.63) is 70.2 Å². The molecule has 1 aliphatic heterocycles. The maximum absolute atomic E-state index is 12.8. The Bertz CT molecular complexity index is 726. The molecule has 0 radical (unpaired) electrons. The van der Waals surface area contributed by atoms with Crippen molar-refractivity contribution in [2.45, 2.75) is 18.9 Å². The number of hydrogen-bond acceptors (Lipinski definition) is 3. The van der Waals surface area contributed by atoms with E-state index in [2.05, 4.69) is 15.9 Å². The first-order valence-electron chi connectivity index (χ1n) is 7.96. The van der Waals surface area contributed by atoms with E-state index in [1.807, 2.05) is 36.4 Å². The van der Waals surface area contributed by atoms with Gasteiger partial charge in [0.2, 0.25) is 6.10 Å². The van der Waals surface area contributed by atoms with Gasteiger partial charge in [-0.1, -0.05) is 42.5 Å². The summed E-state index contributed by atoms with van der Waals surface area (Å²) >= 11 is 3.35. The van der Waals surface area contributed by atoms with E-state index in [-0.39, 0.29) is 5.91 Å². The normalized spacial score (nSPS) is 15.1. The summed E-state index contributed by atoms with van der Waals surface area (Å²) in [7, 11) is 0. The molecular weight excluding hydrogens is 370 g/mol. The number of benzene rings is 2. The zero-order valence-electron chi connectivity index (χ0n) is 13.2. The first-order chi connectivity index (χ1) is 11.7. The second-order valence-electron chi connectivity index (χ2n) is 5.71. The van der Waals surface area contributed by atoms with Gasteiger partial charge < -0.3 is 9.64 Å². The third kappa shape index (κ3) is 3.67. The van der Waals surface area contributed by atoms with Gasteiger partial charge in [0.1, 0.15) is 0 Å². The number of likely N-dealkylation sites (tertiary alicyclic amines) is 1. The maximum atomic E-state index is 12.8. The molecule has 0 N–H and O–H groups in total.